The van der Waals surface area contributed by atoms with Crippen LogP contribution in [0.5, 0.6) is 0 Å². The third-order valence-electron chi connectivity index (χ3n) is 2.82. The molecule has 0 fully saturated rings. The van der Waals surface area contributed by atoms with Gasteiger partial charge in [-0.3, -0.25) is 4.79 Å². The van der Waals surface area contributed by atoms with Crippen LogP contribution >= 0.6 is 11.6 Å². The van der Waals surface area contributed by atoms with Gasteiger partial charge in [0.15, 0.2) is 0 Å². The molecule has 0 bridgehead atoms. The molecule has 0 aliphatic rings. The highest BCUT2D eigenvalue weighted by atomic mass is 35.5. The fourth-order valence-corrected chi connectivity index (χ4v) is 1.79. The summed E-state index contributed by atoms with van der Waals surface area (Å²) in [5.41, 5.74) is 1.17. The molecule has 1 amide bonds. The molecule has 1 aromatic heterocycles. The van der Waals surface area contributed by atoms with E-state index < -0.39 is 0 Å². The Labute approximate surface area is 128 Å². The number of nitrogens with zero attached hydrogens (tertiary/aromatic N) is 2. The van der Waals surface area contributed by atoms with Crippen molar-refractivity contribution in [2.75, 3.05) is 11.9 Å². The van der Waals surface area contributed by atoms with Gasteiger partial charge < -0.3 is 10.6 Å². The molecule has 1 aromatic carbocycles. The van der Waals surface area contributed by atoms with Crippen LogP contribution in [0.2, 0.25) is 5.02 Å². The predicted octanol–water partition coefficient (Wildman–Crippen LogP) is 3.40. The fourth-order valence-electron chi connectivity index (χ4n) is 1.66. The van der Waals surface area contributed by atoms with Crippen molar-refractivity contribution in [2.45, 2.75) is 19.8 Å². The molecule has 0 aliphatic carbocycles. The number of carbonyl (C=O) groups excluding carboxylic acids is 1. The monoisotopic (exact) mass is 304 g/mol. The number of halogens is 1. The molecule has 0 spiro atoms. The second kappa shape index (κ2) is 7.59. The molecule has 1 heterocycles. The normalized spacial score (nSPS) is 10.2. The summed E-state index contributed by atoms with van der Waals surface area (Å²) in [6, 6.07) is 7.25. The molecule has 5 nitrogen and oxygen atoms in total. The Hall–Kier alpha value is -2.14. The van der Waals surface area contributed by atoms with Crippen molar-refractivity contribution >= 4 is 29.0 Å². The fraction of sp³-hybridized carbons (Fsp3) is 0.267. The summed E-state index contributed by atoms with van der Waals surface area (Å²) in [5, 5.41) is 6.56. The zero-order valence-corrected chi connectivity index (χ0v) is 12.5. The minimum Gasteiger partial charge on any atom is -0.351 e. The molecular weight excluding hydrogens is 288 g/mol. The van der Waals surface area contributed by atoms with Gasteiger partial charge in [0.2, 0.25) is 0 Å². The van der Waals surface area contributed by atoms with Crippen LogP contribution in [0.25, 0.3) is 0 Å². The van der Waals surface area contributed by atoms with E-state index in [-0.39, 0.29) is 5.91 Å². The van der Waals surface area contributed by atoms with E-state index in [0.717, 1.165) is 18.5 Å². The van der Waals surface area contributed by atoms with Crippen molar-refractivity contribution in [1.82, 2.24) is 15.3 Å². The first-order chi connectivity index (χ1) is 10.2. The van der Waals surface area contributed by atoms with Gasteiger partial charge in [0, 0.05) is 17.3 Å². The highest BCUT2D eigenvalue weighted by molar-refractivity contribution is 6.30. The molecule has 2 rings (SSSR count). The van der Waals surface area contributed by atoms with Crippen LogP contribution in [0.15, 0.2) is 36.7 Å². The first kappa shape index (κ1) is 15.3. The van der Waals surface area contributed by atoms with E-state index in [2.05, 4.69) is 27.5 Å². The Morgan fingerprint density at radius 2 is 1.95 bits per heavy atom. The van der Waals surface area contributed by atoms with Crippen LogP contribution in [-0.4, -0.2) is 22.4 Å². The Bertz CT molecular complexity index is 584. The van der Waals surface area contributed by atoms with Crippen molar-refractivity contribution in [3.8, 4) is 0 Å². The van der Waals surface area contributed by atoms with E-state index in [4.69, 9.17) is 11.6 Å². The first-order valence-electron chi connectivity index (χ1n) is 6.82. The standard InChI is InChI=1S/C15H17ClN4O/c1-2-3-8-17-15(21)13-9-19-14(10-18-13)20-12-6-4-11(16)5-7-12/h4-7,9-10H,2-3,8H2,1H3,(H,17,21)(H,19,20). The number of unbranched alkanes of at least 4 members (excludes halogenated alkanes) is 1. The van der Waals surface area contributed by atoms with Crippen LogP contribution in [0.1, 0.15) is 30.3 Å². The quantitative estimate of drug-likeness (QED) is 0.803. The molecule has 0 saturated carbocycles. The summed E-state index contributed by atoms with van der Waals surface area (Å²) in [6.07, 6.45) is 4.98. The molecule has 21 heavy (non-hydrogen) atoms. The number of hydrogen-bond acceptors (Lipinski definition) is 4. The Balaban J connectivity index is 1.95. The minimum atomic E-state index is -0.200. The van der Waals surface area contributed by atoms with Gasteiger partial charge in [-0.05, 0) is 30.7 Å². The molecule has 0 unspecified atom stereocenters. The van der Waals surface area contributed by atoms with Crippen LogP contribution in [0.4, 0.5) is 11.5 Å². The SMILES string of the molecule is CCCCNC(=O)c1cnc(Nc2ccc(Cl)cc2)cn1. The van der Waals surface area contributed by atoms with E-state index in [1.807, 2.05) is 12.1 Å². The molecule has 2 aromatic rings. The number of amides is 1. The zero-order valence-electron chi connectivity index (χ0n) is 11.8. The van der Waals surface area contributed by atoms with Crippen molar-refractivity contribution in [3.63, 3.8) is 0 Å². The summed E-state index contributed by atoms with van der Waals surface area (Å²) in [5.74, 6) is 0.372. The number of hydrogen-bond donors (Lipinski definition) is 2. The van der Waals surface area contributed by atoms with Crippen molar-refractivity contribution in [2.24, 2.45) is 0 Å². The maximum absolute atomic E-state index is 11.8. The van der Waals surface area contributed by atoms with Crippen LogP contribution < -0.4 is 10.6 Å². The molecule has 110 valence electrons. The van der Waals surface area contributed by atoms with Gasteiger partial charge in [-0.15, -0.1) is 0 Å². The third kappa shape index (κ3) is 4.72. The van der Waals surface area contributed by atoms with Crippen molar-refractivity contribution < 1.29 is 4.79 Å². The molecule has 0 saturated heterocycles. The number of aromatic nitrogens is 2. The van der Waals surface area contributed by atoms with Gasteiger partial charge in [-0.2, -0.15) is 0 Å². The highest BCUT2D eigenvalue weighted by Gasteiger charge is 2.07. The number of nitrogens with one attached hydrogen (secondary N) is 2. The Morgan fingerprint density at radius 1 is 1.19 bits per heavy atom. The molecular formula is C15H17ClN4O. The maximum atomic E-state index is 11.8. The van der Waals surface area contributed by atoms with Crippen LogP contribution in [0.3, 0.4) is 0 Å². The summed E-state index contributed by atoms with van der Waals surface area (Å²) in [7, 11) is 0. The van der Waals surface area contributed by atoms with Gasteiger partial charge >= 0.3 is 0 Å². The Kier molecular flexibility index (Phi) is 5.51. The smallest absolute Gasteiger partial charge is 0.271 e. The summed E-state index contributed by atoms with van der Waals surface area (Å²) < 4.78 is 0. The lowest BCUT2D eigenvalue weighted by molar-refractivity contribution is 0.0948. The second-order valence-corrected chi connectivity index (χ2v) is 4.96. The lowest BCUT2D eigenvalue weighted by Gasteiger charge is -2.06. The molecule has 0 aliphatic heterocycles. The zero-order chi connectivity index (χ0) is 15.1. The van der Waals surface area contributed by atoms with E-state index >= 15 is 0 Å². The van der Waals surface area contributed by atoms with Crippen molar-refractivity contribution in [3.05, 3.63) is 47.4 Å². The number of rotatable bonds is 6. The number of carbonyl (C=O) groups is 1. The summed E-state index contributed by atoms with van der Waals surface area (Å²) >= 11 is 5.82. The van der Waals surface area contributed by atoms with Gasteiger partial charge in [0.1, 0.15) is 11.5 Å². The lowest BCUT2D eigenvalue weighted by Crippen LogP contribution is -2.25. The maximum Gasteiger partial charge on any atom is 0.271 e. The molecule has 0 atom stereocenters. The largest absolute Gasteiger partial charge is 0.351 e. The lowest BCUT2D eigenvalue weighted by atomic mass is 10.3. The topological polar surface area (TPSA) is 66.9 Å². The van der Waals surface area contributed by atoms with E-state index in [9.17, 15) is 4.79 Å². The highest BCUT2D eigenvalue weighted by Crippen LogP contribution is 2.16. The first-order valence-corrected chi connectivity index (χ1v) is 7.19. The van der Waals surface area contributed by atoms with Crippen LogP contribution in [-0.2, 0) is 0 Å². The van der Waals surface area contributed by atoms with Crippen LogP contribution in [0, 0.1) is 0 Å². The van der Waals surface area contributed by atoms with E-state index in [0.29, 0.717) is 23.1 Å². The average Bonchev–Trinajstić information content (AvgIpc) is 2.50. The van der Waals surface area contributed by atoms with Crippen molar-refractivity contribution in [1.29, 1.82) is 0 Å². The molecule has 2 N–H and O–H groups in total. The number of anilines is 2. The number of benzene rings is 1. The average molecular weight is 305 g/mol. The van der Waals surface area contributed by atoms with Gasteiger partial charge in [0.25, 0.3) is 5.91 Å². The van der Waals surface area contributed by atoms with E-state index in [1.54, 1.807) is 12.1 Å². The van der Waals surface area contributed by atoms with Gasteiger partial charge in [0.05, 0.1) is 12.4 Å². The third-order valence-corrected chi connectivity index (χ3v) is 3.07. The molecule has 0 radical (unpaired) electrons. The van der Waals surface area contributed by atoms with E-state index in [1.165, 1.54) is 12.4 Å². The van der Waals surface area contributed by atoms with Gasteiger partial charge in [-0.25, -0.2) is 9.97 Å². The predicted molar refractivity (Wildman–Crippen MR) is 84.0 cm³/mol. The summed E-state index contributed by atoms with van der Waals surface area (Å²) in [6.45, 7) is 2.73. The summed E-state index contributed by atoms with van der Waals surface area (Å²) in [4.78, 5) is 20.1. The van der Waals surface area contributed by atoms with Gasteiger partial charge in [-0.1, -0.05) is 24.9 Å². The minimum absolute atomic E-state index is 0.200. The molecule has 6 heteroatoms. The second-order valence-electron chi connectivity index (χ2n) is 4.53. The Morgan fingerprint density at radius 3 is 2.57 bits per heavy atom.